The van der Waals surface area contributed by atoms with Crippen LogP contribution in [0.5, 0.6) is 0 Å². The molecule has 1 aromatic carbocycles. The number of amides is 1. The van der Waals surface area contributed by atoms with Gasteiger partial charge < -0.3 is 15.4 Å². The Labute approximate surface area is 104 Å². The second kappa shape index (κ2) is 5.58. The van der Waals surface area contributed by atoms with E-state index in [1.807, 2.05) is 6.07 Å². The number of rotatable bonds is 2. The summed E-state index contributed by atoms with van der Waals surface area (Å²) >= 11 is 0. The van der Waals surface area contributed by atoms with Gasteiger partial charge in [0.25, 0.3) is 0 Å². The largest absolute Gasteiger partial charge is 0.378 e. The Morgan fingerprint density at radius 3 is 3.11 bits per heavy atom. The minimum atomic E-state index is -0.510. The summed E-state index contributed by atoms with van der Waals surface area (Å²) in [4.78, 5) is 11.9. The van der Waals surface area contributed by atoms with E-state index in [9.17, 15) is 9.18 Å². The SMILES string of the molecule is N#Cc1cc(F)ccc1NC(=O)C1COCCN1. The van der Waals surface area contributed by atoms with Gasteiger partial charge in [0.15, 0.2) is 0 Å². The van der Waals surface area contributed by atoms with Crippen molar-refractivity contribution in [2.75, 3.05) is 25.1 Å². The van der Waals surface area contributed by atoms with Crippen molar-refractivity contribution in [3.05, 3.63) is 29.6 Å². The van der Waals surface area contributed by atoms with Gasteiger partial charge in [-0.1, -0.05) is 0 Å². The summed E-state index contributed by atoms with van der Waals surface area (Å²) in [6, 6.07) is 5.04. The molecule has 0 saturated carbocycles. The molecular formula is C12H12FN3O2. The maximum absolute atomic E-state index is 12.9. The zero-order valence-electron chi connectivity index (χ0n) is 9.57. The number of benzene rings is 1. The molecule has 18 heavy (non-hydrogen) atoms. The second-order valence-corrected chi connectivity index (χ2v) is 3.87. The van der Waals surface area contributed by atoms with Crippen LogP contribution >= 0.6 is 0 Å². The molecule has 6 heteroatoms. The second-order valence-electron chi connectivity index (χ2n) is 3.87. The van der Waals surface area contributed by atoms with E-state index < -0.39 is 11.9 Å². The number of carbonyl (C=O) groups excluding carboxylic acids is 1. The van der Waals surface area contributed by atoms with Crippen LogP contribution in [-0.4, -0.2) is 31.7 Å². The Bertz CT molecular complexity index is 493. The Balaban J connectivity index is 2.09. The van der Waals surface area contributed by atoms with Gasteiger partial charge in [0, 0.05) is 6.54 Å². The maximum atomic E-state index is 12.9. The van der Waals surface area contributed by atoms with Gasteiger partial charge in [0.1, 0.15) is 17.9 Å². The van der Waals surface area contributed by atoms with Gasteiger partial charge in [-0.3, -0.25) is 4.79 Å². The molecule has 1 heterocycles. The average molecular weight is 249 g/mol. The fraction of sp³-hybridized carbons (Fsp3) is 0.333. The van der Waals surface area contributed by atoms with Gasteiger partial charge in [-0.05, 0) is 18.2 Å². The molecule has 2 rings (SSSR count). The monoisotopic (exact) mass is 249 g/mol. The van der Waals surface area contributed by atoms with E-state index in [4.69, 9.17) is 10.00 Å². The Morgan fingerprint density at radius 2 is 2.44 bits per heavy atom. The molecule has 0 bridgehead atoms. The lowest BCUT2D eigenvalue weighted by atomic mass is 10.1. The molecule has 1 amide bonds. The number of morpholine rings is 1. The zero-order chi connectivity index (χ0) is 13.0. The fourth-order valence-electron chi connectivity index (χ4n) is 1.67. The topological polar surface area (TPSA) is 74.2 Å². The zero-order valence-corrected chi connectivity index (χ0v) is 9.57. The number of nitrogens with zero attached hydrogens (tertiary/aromatic N) is 1. The van der Waals surface area contributed by atoms with E-state index in [2.05, 4.69) is 10.6 Å². The lowest BCUT2D eigenvalue weighted by molar-refractivity contribution is -0.120. The van der Waals surface area contributed by atoms with Crippen molar-refractivity contribution >= 4 is 11.6 Å². The molecular weight excluding hydrogens is 237 g/mol. The summed E-state index contributed by atoms with van der Waals surface area (Å²) in [6.07, 6.45) is 0. The molecule has 0 aromatic heterocycles. The van der Waals surface area contributed by atoms with Crippen LogP contribution in [0.15, 0.2) is 18.2 Å². The first-order valence-electron chi connectivity index (χ1n) is 5.52. The minimum absolute atomic E-state index is 0.0973. The highest BCUT2D eigenvalue weighted by Crippen LogP contribution is 2.16. The van der Waals surface area contributed by atoms with Crippen LogP contribution in [0.4, 0.5) is 10.1 Å². The highest BCUT2D eigenvalue weighted by atomic mass is 19.1. The van der Waals surface area contributed by atoms with Crippen molar-refractivity contribution in [2.45, 2.75) is 6.04 Å². The molecule has 0 spiro atoms. The first-order valence-corrected chi connectivity index (χ1v) is 5.52. The highest BCUT2D eigenvalue weighted by molar-refractivity contribution is 5.96. The van der Waals surface area contributed by atoms with Gasteiger partial charge in [-0.15, -0.1) is 0 Å². The van der Waals surface area contributed by atoms with Gasteiger partial charge in [-0.2, -0.15) is 5.26 Å². The molecule has 1 fully saturated rings. The molecule has 94 valence electrons. The van der Waals surface area contributed by atoms with E-state index in [0.717, 1.165) is 6.07 Å². The maximum Gasteiger partial charge on any atom is 0.243 e. The molecule has 2 N–H and O–H groups in total. The van der Waals surface area contributed by atoms with E-state index >= 15 is 0 Å². The number of hydrogen-bond acceptors (Lipinski definition) is 4. The summed E-state index contributed by atoms with van der Waals surface area (Å²) in [5.41, 5.74) is 0.399. The van der Waals surface area contributed by atoms with E-state index in [1.165, 1.54) is 12.1 Å². The van der Waals surface area contributed by atoms with Crippen LogP contribution in [0.3, 0.4) is 0 Å². The minimum Gasteiger partial charge on any atom is -0.378 e. The summed E-state index contributed by atoms with van der Waals surface area (Å²) in [5, 5.41) is 14.4. The Hall–Kier alpha value is -1.97. The summed E-state index contributed by atoms with van der Waals surface area (Å²) in [5.74, 6) is -0.804. The van der Waals surface area contributed by atoms with Crippen LogP contribution in [0.25, 0.3) is 0 Å². The standard InChI is InChI=1S/C12H12FN3O2/c13-9-1-2-10(8(5-9)6-14)16-12(17)11-7-18-4-3-15-11/h1-2,5,11,15H,3-4,7H2,(H,16,17). The van der Waals surface area contributed by atoms with Gasteiger partial charge in [-0.25, -0.2) is 4.39 Å². The van der Waals surface area contributed by atoms with Crippen molar-refractivity contribution in [3.63, 3.8) is 0 Å². The first-order chi connectivity index (χ1) is 8.70. The number of nitriles is 1. The van der Waals surface area contributed by atoms with E-state index in [-0.39, 0.29) is 18.1 Å². The van der Waals surface area contributed by atoms with Gasteiger partial charge in [0.05, 0.1) is 24.5 Å². The number of hydrogen-bond donors (Lipinski definition) is 2. The first kappa shape index (κ1) is 12.5. The third-order valence-electron chi connectivity index (χ3n) is 2.60. The molecule has 1 saturated heterocycles. The quantitative estimate of drug-likeness (QED) is 0.806. The Morgan fingerprint density at radius 1 is 1.61 bits per heavy atom. The molecule has 1 unspecified atom stereocenters. The Kier molecular flexibility index (Phi) is 3.87. The highest BCUT2D eigenvalue weighted by Gasteiger charge is 2.21. The molecule has 0 aliphatic carbocycles. The molecule has 1 aliphatic heterocycles. The van der Waals surface area contributed by atoms with Gasteiger partial charge in [0.2, 0.25) is 5.91 Å². The van der Waals surface area contributed by atoms with Crippen molar-refractivity contribution in [1.82, 2.24) is 5.32 Å². The van der Waals surface area contributed by atoms with Gasteiger partial charge >= 0.3 is 0 Å². The number of ether oxygens (including phenoxy) is 1. The lowest BCUT2D eigenvalue weighted by Gasteiger charge is -2.23. The molecule has 0 radical (unpaired) electrons. The normalized spacial score (nSPS) is 19.0. The molecule has 5 nitrogen and oxygen atoms in total. The van der Waals surface area contributed by atoms with Crippen molar-refractivity contribution in [3.8, 4) is 6.07 Å². The lowest BCUT2D eigenvalue weighted by Crippen LogP contribution is -2.48. The van der Waals surface area contributed by atoms with Crippen LogP contribution < -0.4 is 10.6 Å². The van der Waals surface area contributed by atoms with Crippen LogP contribution in [0.1, 0.15) is 5.56 Å². The number of nitrogens with one attached hydrogen (secondary N) is 2. The molecule has 1 aliphatic rings. The van der Waals surface area contributed by atoms with E-state index in [1.54, 1.807) is 0 Å². The third-order valence-corrected chi connectivity index (χ3v) is 2.60. The van der Waals surface area contributed by atoms with Crippen molar-refractivity contribution in [1.29, 1.82) is 5.26 Å². The molecule has 1 atom stereocenters. The van der Waals surface area contributed by atoms with Crippen molar-refractivity contribution < 1.29 is 13.9 Å². The number of carbonyl (C=O) groups is 1. The molecule has 1 aromatic rings. The van der Waals surface area contributed by atoms with Crippen LogP contribution in [0, 0.1) is 17.1 Å². The number of halogens is 1. The third kappa shape index (κ3) is 2.83. The van der Waals surface area contributed by atoms with Crippen LogP contribution in [-0.2, 0) is 9.53 Å². The van der Waals surface area contributed by atoms with Crippen molar-refractivity contribution in [2.24, 2.45) is 0 Å². The average Bonchev–Trinajstić information content (AvgIpc) is 2.41. The number of anilines is 1. The summed E-state index contributed by atoms with van der Waals surface area (Å²) < 4.78 is 18.1. The predicted octanol–water partition coefficient (Wildman–Crippen LogP) is 0.624. The summed E-state index contributed by atoms with van der Waals surface area (Å²) in [6.45, 7) is 1.46. The smallest absolute Gasteiger partial charge is 0.243 e. The predicted molar refractivity (Wildman–Crippen MR) is 62.4 cm³/mol. The fourth-order valence-corrected chi connectivity index (χ4v) is 1.67. The summed E-state index contributed by atoms with van der Waals surface area (Å²) in [7, 11) is 0. The van der Waals surface area contributed by atoms with E-state index in [0.29, 0.717) is 18.8 Å². The van der Waals surface area contributed by atoms with Crippen LogP contribution in [0.2, 0.25) is 0 Å².